The average molecular weight is 265 g/mol. The normalized spacial score (nSPS) is 16.8. The molecule has 1 aliphatic rings. The average Bonchev–Trinajstić information content (AvgIpc) is 2.98. The van der Waals surface area contributed by atoms with E-state index in [0.29, 0.717) is 25.2 Å². The van der Waals surface area contributed by atoms with Gasteiger partial charge in [0.05, 0.1) is 24.8 Å². The van der Waals surface area contributed by atoms with Gasteiger partial charge >= 0.3 is 0 Å². The lowest BCUT2D eigenvalue weighted by Crippen LogP contribution is -2.30. The molecule has 20 heavy (non-hydrogen) atoms. The number of rotatable bonds is 3. The molecule has 3 rings (SSSR count). The van der Waals surface area contributed by atoms with Crippen molar-refractivity contribution in [1.82, 2.24) is 0 Å². The zero-order valence-electron chi connectivity index (χ0n) is 11.1. The molecule has 1 aliphatic heterocycles. The molecule has 0 bridgehead atoms. The fraction of sp³-hybridized carbons (Fsp3) is 0.235. The van der Waals surface area contributed by atoms with Crippen molar-refractivity contribution in [2.24, 2.45) is 0 Å². The fourth-order valence-corrected chi connectivity index (χ4v) is 2.49. The van der Waals surface area contributed by atoms with E-state index in [1.165, 1.54) is 5.56 Å². The van der Waals surface area contributed by atoms with E-state index >= 15 is 0 Å². The van der Waals surface area contributed by atoms with E-state index in [1.807, 2.05) is 30.3 Å². The molecule has 0 atom stereocenters. The number of benzene rings is 2. The predicted molar refractivity (Wildman–Crippen MR) is 74.9 cm³/mol. The van der Waals surface area contributed by atoms with Crippen LogP contribution in [0.4, 0.5) is 0 Å². The Kier molecular flexibility index (Phi) is 3.51. The van der Waals surface area contributed by atoms with Crippen molar-refractivity contribution < 1.29 is 9.47 Å². The van der Waals surface area contributed by atoms with Gasteiger partial charge in [0.1, 0.15) is 0 Å². The summed E-state index contributed by atoms with van der Waals surface area (Å²) in [6.07, 6.45) is 0.666. The molecule has 1 fully saturated rings. The van der Waals surface area contributed by atoms with Crippen LogP contribution in [0.25, 0.3) is 0 Å². The molecule has 0 radical (unpaired) electrons. The van der Waals surface area contributed by atoms with Gasteiger partial charge in [-0.25, -0.2) is 0 Å². The zero-order valence-corrected chi connectivity index (χ0v) is 11.1. The highest BCUT2D eigenvalue weighted by atomic mass is 16.7. The summed E-state index contributed by atoms with van der Waals surface area (Å²) in [6.45, 7) is 1.18. The van der Waals surface area contributed by atoms with Gasteiger partial charge in [0.15, 0.2) is 5.79 Å². The van der Waals surface area contributed by atoms with Gasteiger partial charge in [0.25, 0.3) is 0 Å². The minimum atomic E-state index is -0.727. The Morgan fingerprint density at radius 2 is 1.60 bits per heavy atom. The third-order valence-corrected chi connectivity index (χ3v) is 3.49. The summed E-state index contributed by atoms with van der Waals surface area (Å²) in [4.78, 5) is 0. The van der Waals surface area contributed by atoms with Gasteiger partial charge < -0.3 is 9.47 Å². The van der Waals surface area contributed by atoms with Crippen LogP contribution < -0.4 is 0 Å². The molecule has 2 aromatic rings. The molecule has 3 heteroatoms. The smallest absolute Gasteiger partial charge is 0.199 e. The molecule has 0 saturated carbocycles. The Balaban J connectivity index is 1.93. The van der Waals surface area contributed by atoms with Crippen molar-refractivity contribution in [3.05, 3.63) is 71.3 Å². The van der Waals surface area contributed by atoms with E-state index in [2.05, 4.69) is 18.2 Å². The molecule has 1 saturated heterocycles. The van der Waals surface area contributed by atoms with Crippen LogP contribution in [0.5, 0.6) is 0 Å². The minimum Gasteiger partial charge on any atom is -0.343 e. The Hall–Kier alpha value is -2.15. The Bertz CT molecular complexity index is 608. The number of nitriles is 1. The second kappa shape index (κ2) is 5.46. The van der Waals surface area contributed by atoms with Crippen LogP contribution in [0, 0.1) is 11.3 Å². The maximum Gasteiger partial charge on any atom is 0.199 e. The molecule has 2 aromatic carbocycles. The lowest BCUT2D eigenvalue weighted by Gasteiger charge is -2.28. The number of hydrogen-bond acceptors (Lipinski definition) is 3. The lowest BCUT2D eigenvalue weighted by molar-refractivity contribution is -0.164. The molecule has 0 aromatic heterocycles. The van der Waals surface area contributed by atoms with Crippen molar-refractivity contribution in [2.45, 2.75) is 12.2 Å². The Morgan fingerprint density at radius 1 is 0.950 bits per heavy atom. The van der Waals surface area contributed by atoms with E-state index < -0.39 is 5.79 Å². The van der Waals surface area contributed by atoms with E-state index in [4.69, 9.17) is 14.7 Å². The first-order valence-electron chi connectivity index (χ1n) is 6.65. The highest BCUT2D eigenvalue weighted by Gasteiger charge is 2.38. The monoisotopic (exact) mass is 265 g/mol. The summed E-state index contributed by atoms with van der Waals surface area (Å²) in [5.41, 5.74) is 2.76. The third kappa shape index (κ3) is 2.44. The van der Waals surface area contributed by atoms with Gasteiger partial charge in [-0.3, -0.25) is 0 Å². The van der Waals surface area contributed by atoms with Gasteiger partial charge in [-0.05, 0) is 17.7 Å². The van der Waals surface area contributed by atoms with Crippen molar-refractivity contribution in [3.63, 3.8) is 0 Å². The van der Waals surface area contributed by atoms with E-state index in [9.17, 15) is 0 Å². The fourth-order valence-electron chi connectivity index (χ4n) is 2.49. The Labute approximate surface area is 118 Å². The summed E-state index contributed by atoms with van der Waals surface area (Å²) in [7, 11) is 0. The minimum absolute atomic E-state index is 0.590. The van der Waals surface area contributed by atoms with Crippen molar-refractivity contribution in [3.8, 4) is 6.07 Å². The highest BCUT2D eigenvalue weighted by Crippen LogP contribution is 2.35. The second-order valence-electron chi connectivity index (χ2n) is 4.80. The molecule has 1 heterocycles. The molecule has 0 N–H and O–H groups in total. The molecule has 100 valence electrons. The summed E-state index contributed by atoms with van der Waals surface area (Å²) >= 11 is 0. The van der Waals surface area contributed by atoms with Crippen molar-refractivity contribution >= 4 is 0 Å². The lowest BCUT2D eigenvalue weighted by atomic mass is 9.97. The molecule has 0 unspecified atom stereocenters. The molecule has 3 nitrogen and oxygen atoms in total. The van der Waals surface area contributed by atoms with Crippen LogP contribution in [0.15, 0.2) is 54.6 Å². The molecule has 0 spiro atoms. The largest absolute Gasteiger partial charge is 0.343 e. The summed E-state index contributed by atoms with van der Waals surface area (Å²) in [5.74, 6) is -0.727. The SMILES string of the molecule is N#Cc1ccc(C2(Cc3ccccc3)OCCO2)cc1. The van der Waals surface area contributed by atoms with Gasteiger partial charge in [-0.15, -0.1) is 0 Å². The van der Waals surface area contributed by atoms with Crippen LogP contribution >= 0.6 is 0 Å². The molecule has 0 aliphatic carbocycles. The van der Waals surface area contributed by atoms with Crippen LogP contribution in [-0.4, -0.2) is 13.2 Å². The Morgan fingerprint density at radius 3 is 2.20 bits per heavy atom. The molecular weight excluding hydrogens is 250 g/mol. The first-order valence-corrected chi connectivity index (χ1v) is 6.65. The number of ether oxygens (including phenoxy) is 2. The van der Waals surface area contributed by atoms with Crippen LogP contribution in [-0.2, 0) is 21.7 Å². The predicted octanol–water partition coefficient (Wildman–Crippen LogP) is 3.00. The first kappa shape index (κ1) is 12.9. The summed E-state index contributed by atoms with van der Waals surface area (Å²) in [6, 6.07) is 19.7. The first-order chi connectivity index (χ1) is 9.82. The van der Waals surface area contributed by atoms with Gasteiger partial charge in [-0.1, -0.05) is 42.5 Å². The molecule has 0 amide bonds. The van der Waals surface area contributed by atoms with Crippen molar-refractivity contribution in [2.75, 3.05) is 13.2 Å². The van der Waals surface area contributed by atoms with Gasteiger partial charge in [-0.2, -0.15) is 5.26 Å². The van der Waals surface area contributed by atoms with Crippen LogP contribution in [0.3, 0.4) is 0 Å². The topological polar surface area (TPSA) is 42.2 Å². The maximum atomic E-state index is 8.88. The summed E-state index contributed by atoms with van der Waals surface area (Å²) in [5, 5.41) is 8.88. The zero-order chi connectivity index (χ0) is 13.8. The quantitative estimate of drug-likeness (QED) is 0.856. The van der Waals surface area contributed by atoms with Crippen LogP contribution in [0.2, 0.25) is 0 Å². The standard InChI is InChI=1S/C17H15NO2/c18-13-15-6-8-16(9-7-15)17(19-10-11-20-17)12-14-4-2-1-3-5-14/h1-9H,10-12H2. The van der Waals surface area contributed by atoms with E-state index in [0.717, 1.165) is 5.56 Å². The van der Waals surface area contributed by atoms with Crippen LogP contribution in [0.1, 0.15) is 16.7 Å². The van der Waals surface area contributed by atoms with Gasteiger partial charge in [0, 0.05) is 12.0 Å². The highest BCUT2D eigenvalue weighted by molar-refractivity contribution is 5.34. The maximum absolute atomic E-state index is 8.88. The second-order valence-corrected chi connectivity index (χ2v) is 4.80. The number of nitrogens with zero attached hydrogens (tertiary/aromatic N) is 1. The van der Waals surface area contributed by atoms with Gasteiger partial charge in [0.2, 0.25) is 0 Å². The van der Waals surface area contributed by atoms with E-state index in [1.54, 1.807) is 12.1 Å². The third-order valence-electron chi connectivity index (χ3n) is 3.49. The van der Waals surface area contributed by atoms with E-state index in [-0.39, 0.29) is 0 Å². The number of hydrogen-bond donors (Lipinski definition) is 0. The molecular formula is C17H15NO2. The van der Waals surface area contributed by atoms with Crippen molar-refractivity contribution in [1.29, 1.82) is 5.26 Å². The summed E-state index contributed by atoms with van der Waals surface area (Å²) < 4.78 is 11.8.